The molecule has 1 aromatic heterocycles. The van der Waals surface area contributed by atoms with Crippen LogP contribution in [0.2, 0.25) is 0 Å². The Labute approximate surface area is 170 Å². The van der Waals surface area contributed by atoms with E-state index in [1.54, 1.807) is 6.33 Å². The first kappa shape index (κ1) is 20.6. The minimum atomic E-state index is 0. The monoisotopic (exact) mass is 471 g/mol. The highest BCUT2D eigenvalue weighted by atomic mass is 127. The summed E-state index contributed by atoms with van der Waals surface area (Å²) in [6, 6.07) is 9.94. The number of guanidine groups is 1. The van der Waals surface area contributed by atoms with Crippen LogP contribution in [0.25, 0.3) is 5.69 Å². The van der Waals surface area contributed by atoms with Crippen molar-refractivity contribution in [3.05, 3.63) is 42.5 Å². The lowest BCUT2D eigenvalue weighted by Crippen LogP contribution is -2.39. The molecule has 0 aliphatic carbocycles. The lowest BCUT2D eigenvalue weighted by molar-refractivity contribution is 0.0376. The molecule has 2 heterocycles. The van der Waals surface area contributed by atoms with Crippen LogP contribution in [-0.2, 0) is 11.3 Å². The van der Waals surface area contributed by atoms with Crippen molar-refractivity contribution in [2.75, 3.05) is 39.4 Å². The van der Waals surface area contributed by atoms with Crippen molar-refractivity contribution >= 4 is 29.9 Å². The zero-order valence-electron chi connectivity index (χ0n) is 14.8. The van der Waals surface area contributed by atoms with E-state index < -0.39 is 0 Å². The lowest BCUT2D eigenvalue weighted by atomic mass is 10.3. The van der Waals surface area contributed by atoms with Crippen molar-refractivity contribution in [1.82, 2.24) is 25.0 Å². The molecule has 8 nitrogen and oxygen atoms in total. The number of para-hydroxylation sites is 1. The second-order valence-corrected chi connectivity index (χ2v) is 5.89. The first-order valence-electron chi connectivity index (χ1n) is 8.61. The Kier molecular flexibility index (Phi) is 8.78. The van der Waals surface area contributed by atoms with E-state index in [4.69, 9.17) is 10.5 Å². The molecule has 1 aliphatic heterocycles. The third-order valence-electron chi connectivity index (χ3n) is 4.10. The molecule has 2 aromatic rings. The number of hydrogen-bond acceptors (Lipinski definition) is 5. The number of nitrogens with one attached hydrogen (secondary N) is 1. The van der Waals surface area contributed by atoms with E-state index in [0.29, 0.717) is 12.5 Å². The topological polar surface area (TPSA) is 93.6 Å². The fourth-order valence-electron chi connectivity index (χ4n) is 2.73. The third-order valence-corrected chi connectivity index (χ3v) is 4.10. The van der Waals surface area contributed by atoms with E-state index in [0.717, 1.165) is 57.3 Å². The molecular weight excluding hydrogens is 445 g/mol. The highest BCUT2D eigenvalue weighted by Crippen LogP contribution is 2.09. The summed E-state index contributed by atoms with van der Waals surface area (Å²) < 4.78 is 7.26. The van der Waals surface area contributed by atoms with Gasteiger partial charge in [0.1, 0.15) is 12.9 Å². The van der Waals surface area contributed by atoms with Gasteiger partial charge in [0.25, 0.3) is 0 Å². The maximum atomic E-state index is 5.95. The molecule has 1 fully saturated rings. The average molecular weight is 471 g/mol. The molecule has 0 atom stereocenters. The van der Waals surface area contributed by atoms with Crippen LogP contribution < -0.4 is 11.1 Å². The van der Waals surface area contributed by atoms with Crippen molar-refractivity contribution in [3.8, 4) is 5.69 Å². The van der Waals surface area contributed by atoms with Crippen molar-refractivity contribution < 1.29 is 4.74 Å². The molecule has 0 radical (unpaired) electrons. The fourth-order valence-corrected chi connectivity index (χ4v) is 2.73. The van der Waals surface area contributed by atoms with Crippen LogP contribution in [0.15, 0.2) is 41.7 Å². The van der Waals surface area contributed by atoms with Gasteiger partial charge in [-0.05, 0) is 25.1 Å². The molecule has 0 saturated carbocycles. The van der Waals surface area contributed by atoms with Crippen molar-refractivity contribution in [2.24, 2.45) is 10.7 Å². The summed E-state index contributed by atoms with van der Waals surface area (Å²) in [5.74, 6) is 1.19. The number of ether oxygens (including phenoxy) is 1. The molecule has 1 aliphatic rings. The summed E-state index contributed by atoms with van der Waals surface area (Å²) in [5, 5.41) is 11.3. The number of benzene rings is 1. The quantitative estimate of drug-likeness (QED) is 0.271. The molecule has 9 heteroatoms. The smallest absolute Gasteiger partial charge is 0.189 e. The van der Waals surface area contributed by atoms with Gasteiger partial charge < -0.3 is 15.8 Å². The molecule has 3 N–H and O–H groups in total. The van der Waals surface area contributed by atoms with Crippen LogP contribution in [0.4, 0.5) is 0 Å². The van der Waals surface area contributed by atoms with Crippen molar-refractivity contribution in [1.29, 1.82) is 0 Å². The Morgan fingerprint density at radius 3 is 2.77 bits per heavy atom. The fraction of sp³-hybridized carbons (Fsp3) is 0.471. The van der Waals surface area contributed by atoms with Crippen molar-refractivity contribution in [2.45, 2.75) is 13.0 Å². The van der Waals surface area contributed by atoms with E-state index in [1.807, 2.05) is 34.9 Å². The summed E-state index contributed by atoms with van der Waals surface area (Å²) in [6.07, 6.45) is 2.71. The van der Waals surface area contributed by atoms with Crippen LogP contribution in [0.5, 0.6) is 0 Å². The highest BCUT2D eigenvalue weighted by molar-refractivity contribution is 14.0. The summed E-state index contributed by atoms with van der Waals surface area (Å²) in [6.45, 7) is 5.93. The number of morpholine rings is 1. The van der Waals surface area contributed by atoms with Gasteiger partial charge in [0.2, 0.25) is 0 Å². The Morgan fingerprint density at radius 2 is 2.00 bits per heavy atom. The molecule has 0 amide bonds. The first-order chi connectivity index (χ1) is 12.3. The van der Waals surface area contributed by atoms with E-state index in [2.05, 4.69) is 25.4 Å². The van der Waals surface area contributed by atoms with E-state index in [9.17, 15) is 0 Å². The first-order valence-corrected chi connectivity index (χ1v) is 8.61. The summed E-state index contributed by atoms with van der Waals surface area (Å²) in [7, 11) is 0. The number of aromatic nitrogens is 3. The molecule has 0 bridgehead atoms. The van der Waals surface area contributed by atoms with Crippen LogP contribution in [-0.4, -0.2) is 65.0 Å². The third kappa shape index (κ3) is 6.22. The second kappa shape index (κ2) is 11.1. The Bertz CT molecular complexity index is 671. The summed E-state index contributed by atoms with van der Waals surface area (Å²) in [5.41, 5.74) is 6.96. The summed E-state index contributed by atoms with van der Waals surface area (Å²) >= 11 is 0. The maximum Gasteiger partial charge on any atom is 0.189 e. The maximum absolute atomic E-state index is 5.95. The molecule has 0 spiro atoms. The van der Waals surface area contributed by atoms with Crippen LogP contribution in [0.1, 0.15) is 12.2 Å². The van der Waals surface area contributed by atoms with Crippen LogP contribution in [0.3, 0.4) is 0 Å². The minimum absolute atomic E-state index is 0. The van der Waals surface area contributed by atoms with Gasteiger partial charge in [0, 0.05) is 25.3 Å². The van der Waals surface area contributed by atoms with Gasteiger partial charge in [0.15, 0.2) is 11.8 Å². The van der Waals surface area contributed by atoms with Gasteiger partial charge in [0.05, 0.1) is 13.2 Å². The SMILES string of the molecule is I.NC(=NCc1nncn1-c1ccccc1)NCCCN1CCOCC1. The number of nitrogens with zero attached hydrogens (tertiary/aromatic N) is 5. The zero-order valence-corrected chi connectivity index (χ0v) is 17.1. The zero-order chi connectivity index (χ0) is 17.3. The number of nitrogens with two attached hydrogens (primary N) is 1. The molecule has 0 unspecified atom stereocenters. The predicted molar refractivity (Wildman–Crippen MR) is 112 cm³/mol. The predicted octanol–water partition coefficient (Wildman–Crippen LogP) is 1.01. The van der Waals surface area contributed by atoms with E-state index in [-0.39, 0.29) is 24.0 Å². The Hall–Kier alpha value is -1.72. The number of aliphatic imine (C=N–C) groups is 1. The van der Waals surface area contributed by atoms with E-state index in [1.165, 1.54) is 0 Å². The van der Waals surface area contributed by atoms with Gasteiger partial charge in [-0.1, -0.05) is 18.2 Å². The van der Waals surface area contributed by atoms with Crippen LogP contribution >= 0.6 is 24.0 Å². The number of halogens is 1. The standard InChI is InChI=1S/C17H25N7O.HI/c18-17(19-7-4-8-23-9-11-25-12-10-23)20-13-16-22-21-14-24(16)15-5-2-1-3-6-15;/h1-3,5-6,14H,4,7-13H2,(H3,18,19,20);1H. The number of hydrogen-bond donors (Lipinski definition) is 2. The normalized spacial score (nSPS) is 15.5. The molecule has 26 heavy (non-hydrogen) atoms. The van der Waals surface area contributed by atoms with E-state index >= 15 is 0 Å². The van der Waals surface area contributed by atoms with Crippen molar-refractivity contribution in [3.63, 3.8) is 0 Å². The Balaban J connectivity index is 0.00000243. The van der Waals surface area contributed by atoms with Gasteiger partial charge in [-0.25, -0.2) is 4.99 Å². The molecule has 3 rings (SSSR count). The molecule has 142 valence electrons. The minimum Gasteiger partial charge on any atom is -0.379 e. The van der Waals surface area contributed by atoms with Gasteiger partial charge in [-0.15, -0.1) is 34.2 Å². The van der Waals surface area contributed by atoms with Crippen LogP contribution in [0, 0.1) is 0 Å². The van der Waals surface area contributed by atoms with Gasteiger partial charge in [-0.3, -0.25) is 9.47 Å². The summed E-state index contributed by atoms with van der Waals surface area (Å²) in [4.78, 5) is 6.77. The van der Waals surface area contributed by atoms with Gasteiger partial charge >= 0.3 is 0 Å². The number of rotatable bonds is 7. The highest BCUT2D eigenvalue weighted by Gasteiger charge is 2.09. The van der Waals surface area contributed by atoms with Gasteiger partial charge in [-0.2, -0.15) is 0 Å². The molecular formula is C17H26IN7O. The lowest BCUT2D eigenvalue weighted by Gasteiger charge is -2.26. The average Bonchev–Trinajstić information content (AvgIpc) is 3.14. The molecule has 1 aromatic carbocycles. The second-order valence-electron chi connectivity index (χ2n) is 5.89. The molecule has 1 saturated heterocycles. The largest absolute Gasteiger partial charge is 0.379 e. The Morgan fingerprint density at radius 1 is 1.23 bits per heavy atom.